The highest BCUT2D eigenvalue weighted by molar-refractivity contribution is 5.82. The molecule has 0 fully saturated rings. The molecule has 3 N–H and O–H groups in total. The first-order chi connectivity index (χ1) is 8.61. The number of hydrogen-bond donors (Lipinski definition) is 3. The summed E-state index contributed by atoms with van der Waals surface area (Å²) in [6, 6.07) is -1.52. The molecule has 106 valence electrons. The first kappa shape index (κ1) is 16.7. The molecule has 0 aliphatic carbocycles. The van der Waals surface area contributed by atoms with E-state index in [9.17, 15) is 9.59 Å². The molecule has 0 rings (SSSR count). The molecule has 0 aromatic heterocycles. The second-order valence-electron chi connectivity index (χ2n) is 3.80. The third-order valence-electron chi connectivity index (χ3n) is 2.25. The van der Waals surface area contributed by atoms with Crippen molar-refractivity contribution < 1.29 is 24.2 Å². The zero-order valence-electron chi connectivity index (χ0n) is 10.9. The van der Waals surface area contributed by atoms with Crippen molar-refractivity contribution in [3.8, 4) is 0 Å². The van der Waals surface area contributed by atoms with Crippen LogP contribution in [0.4, 0.5) is 4.79 Å². The predicted molar refractivity (Wildman–Crippen MR) is 65.6 cm³/mol. The summed E-state index contributed by atoms with van der Waals surface area (Å²) in [5, 5.41) is 13.7. The van der Waals surface area contributed by atoms with Crippen LogP contribution < -0.4 is 10.6 Å². The van der Waals surface area contributed by atoms with Gasteiger partial charge in [-0.1, -0.05) is 0 Å². The normalized spacial score (nSPS) is 11.9. The zero-order valence-corrected chi connectivity index (χ0v) is 10.9. The first-order valence-electron chi connectivity index (χ1n) is 5.86. The number of rotatable bonds is 10. The fourth-order valence-electron chi connectivity index (χ4n) is 1.30. The molecule has 18 heavy (non-hydrogen) atoms. The van der Waals surface area contributed by atoms with Gasteiger partial charge in [-0.2, -0.15) is 0 Å². The van der Waals surface area contributed by atoms with Crippen LogP contribution in [0, 0.1) is 0 Å². The average Bonchev–Trinajstić information content (AvgIpc) is 2.33. The lowest BCUT2D eigenvalue weighted by Gasteiger charge is -2.14. The Bertz CT molecular complexity index is 248. The SMILES string of the molecule is COCCCCCNC(=O)NC(COC)C(=O)O. The summed E-state index contributed by atoms with van der Waals surface area (Å²) in [6.07, 6.45) is 2.73. The molecule has 0 aliphatic heterocycles. The number of nitrogens with one attached hydrogen (secondary N) is 2. The van der Waals surface area contributed by atoms with Gasteiger partial charge in [0.15, 0.2) is 6.04 Å². The van der Waals surface area contributed by atoms with Crippen LogP contribution in [-0.2, 0) is 14.3 Å². The van der Waals surface area contributed by atoms with Crippen molar-refractivity contribution in [1.29, 1.82) is 0 Å². The number of carbonyl (C=O) groups is 2. The minimum Gasteiger partial charge on any atom is -0.480 e. The lowest BCUT2D eigenvalue weighted by Crippen LogP contribution is -2.48. The molecule has 0 saturated carbocycles. The fraction of sp³-hybridized carbons (Fsp3) is 0.818. The van der Waals surface area contributed by atoms with Gasteiger partial charge in [0, 0.05) is 27.4 Å². The Kier molecular flexibility index (Phi) is 9.99. The van der Waals surface area contributed by atoms with Gasteiger partial charge in [-0.3, -0.25) is 0 Å². The minimum absolute atomic E-state index is 0.0589. The summed E-state index contributed by atoms with van der Waals surface area (Å²) in [6.45, 7) is 1.16. The monoisotopic (exact) mass is 262 g/mol. The van der Waals surface area contributed by atoms with Crippen LogP contribution in [0.2, 0.25) is 0 Å². The quantitative estimate of drug-likeness (QED) is 0.489. The summed E-state index contributed by atoms with van der Waals surface area (Å²) in [5.41, 5.74) is 0. The highest BCUT2D eigenvalue weighted by atomic mass is 16.5. The molecule has 0 aliphatic rings. The van der Waals surface area contributed by atoms with E-state index in [1.54, 1.807) is 7.11 Å². The van der Waals surface area contributed by atoms with Crippen molar-refractivity contribution in [3.63, 3.8) is 0 Å². The molecule has 1 unspecified atom stereocenters. The number of unbranched alkanes of at least 4 members (excludes halogenated alkanes) is 2. The zero-order chi connectivity index (χ0) is 13.8. The van der Waals surface area contributed by atoms with Crippen molar-refractivity contribution >= 4 is 12.0 Å². The van der Waals surface area contributed by atoms with Crippen molar-refractivity contribution in [1.82, 2.24) is 10.6 Å². The van der Waals surface area contributed by atoms with Gasteiger partial charge in [0.1, 0.15) is 0 Å². The molecule has 0 saturated heterocycles. The van der Waals surface area contributed by atoms with Crippen LogP contribution in [-0.4, -0.2) is 57.1 Å². The maximum atomic E-state index is 11.4. The van der Waals surface area contributed by atoms with E-state index < -0.39 is 18.0 Å². The van der Waals surface area contributed by atoms with Gasteiger partial charge in [-0.05, 0) is 19.3 Å². The summed E-state index contributed by atoms with van der Waals surface area (Å²) in [4.78, 5) is 22.1. The second kappa shape index (κ2) is 10.8. The molecule has 0 bridgehead atoms. The highest BCUT2D eigenvalue weighted by Gasteiger charge is 2.18. The van der Waals surface area contributed by atoms with Gasteiger partial charge < -0.3 is 25.2 Å². The van der Waals surface area contributed by atoms with Crippen molar-refractivity contribution in [3.05, 3.63) is 0 Å². The Labute approximate surface area is 107 Å². The third-order valence-corrected chi connectivity index (χ3v) is 2.25. The Hall–Kier alpha value is -1.34. The minimum atomic E-state index is -1.12. The van der Waals surface area contributed by atoms with E-state index in [1.807, 2.05) is 0 Å². The standard InChI is InChI=1S/C11H22N2O5/c1-17-7-5-3-4-6-12-11(16)13-9(8-18-2)10(14)15/h9H,3-8H2,1-2H3,(H,14,15)(H2,12,13,16). The average molecular weight is 262 g/mol. The van der Waals surface area contributed by atoms with Gasteiger partial charge >= 0.3 is 12.0 Å². The van der Waals surface area contributed by atoms with Crippen LogP contribution in [0.3, 0.4) is 0 Å². The Morgan fingerprint density at radius 1 is 1.17 bits per heavy atom. The molecule has 7 heteroatoms. The van der Waals surface area contributed by atoms with Gasteiger partial charge in [-0.25, -0.2) is 9.59 Å². The van der Waals surface area contributed by atoms with E-state index in [0.717, 1.165) is 19.3 Å². The van der Waals surface area contributed by atoms with Gasteiger partial charge in [0.05, 0.1) is 6.61 Å². The molecule has 0 spiro atoms. The smallest absolute Gasteiger partial charge is 0.328 e. The van der Waals surface area contributed by atoms with E-state index >= 15 is 0 Å². The number of carboxylic acid groups (broad SMARTS) is 1. The Morgan fingerprint density at radius 2 is 1.89 bits per heavy atom. The molecule has 0 aromatic rings. The molecule has 0 radical (unpaired) electrons. The predicted octanol–water partition coefficient (Wildman–Crippen LogP) is 0.202. The fourth-order valence-corrected chi connectivity index (χ4v) is 1.30. The lowest BCUT2D eigenvalue weighted by molar-refractivity contribution is -0.140. The summed E-state index contributed by atoms with van der Waals surface area (Å²) in [7, 11) is 3.03. The van der Waals surface area contributed by atoms with Crippen molar-refractivity contribution in [2.75, 3.05) is 34.0 Å². The number of ether oxygens (including phenoxy) is 2. The van der Waals surface area contributed by atoms with E-state index in [2.05, 4.69) is 10.6 Å². The van der Waals surface area contributed by atoms with E-state index in [0.29, 0.717) is 13.2 Å². The summed E-state index contributed by atoms with van der Waals surface area (Å²) >= 11 is 0. The summed E-state index contributed by atoms with van der Waals surface area (Å²) in [5.74, 6) is -1.12. The van der Waals surface area contributed by atoms with E-state index in [-0.39, 0.29) is 6.61 Å². The molecule has 0 heterocycles. The molecule has 0 aromatic carbocycles. The third kappa shape index (κ3) is 8.77. The number of hydrogen-bond acceptors (Lipinski definition) is 4. The van der Waals surface area contributed by atoms with Crippen LogP contribution in [0.1, 0.15) is 19.3 Å². The van der Waals surface area contributed by atoms with E-state index in [1.165, 1.54) is 7.11 Å². The second-order valence-corrected chi connectivity index (χ2v) is 3.80. The lowest BCUT2D eigenvalue weighted by atomic mass is 10.2. The molecular weight excluding hydrogens is 240 g/mol. The number of carboxylic acids is 1. The molecule has 1 atom stereocenters. The number of aliphatic carboxylic acids is 1. The largest absolute Gasteiger partial charge is 0.480 e. The Balaban J connectivity index is 3.65. The summed E-state index contributed by atoms with van der Waals surface area (Å²) < 4.78 is 9.60. The Morgan fingerprint density at radius 3 is 2.44 bits per heavy atom. The maximum absolute atomic E-state index is 11.4. The first-order valence-corrected chi connectivity index (χ1v) is 5.86. The van der Waals surface area contributed by atoms with Gasteiger partial charge in [-0.15, -0.1) is 0 Å². The van der Waals surface area contributed by atoms with E-state index in [4.69, 9.17) is 14.6 Å². The maximum Gasteiger partial charge on any atom is 0.328 e. The molecule has 2 amide bonds. The van der Waals surface area contributed by atoms with Gasteiger partial charge in [0.2, 0.25) is 0 Å². The number of urea groups is 1. The van der Waals surface area contributed by atoms with Crippen LogP contribution in [0.25, 0.3) is 0 Å². The van der Waals surface area contributed by atoms with Crippen molar-refractivity contribution in [2.45, 2.75) is 25.3 Å². The van der Waals surface area contributed by atoms with Gasteiger partial charge in [0.25, 0.3) is 0 Å². The highest BCUT2D eigenvalue weighted by Crippen LogP contribution is 1.93. The van der Waals surface area contributed by atoms with Crippen LogP contribution in [0.15, 0.2) is 0 Å². The molecular formula is C11H22N2O5. The van der Waals surface area contributed by atoms with Crippen LogP contribution in [0.5, 0.6) is 0 Å². The number of carbonyl (C=O) groups excluding carboxylic acids is 1. The van der Waals surface area contributed by atoms with Crippen LogP contribution >= 0.6 is 0 Å². The van der Waals surface area contributed by atoms with Crippen molar-refractivity contribution in [2.24, 2.45) is 0 Å². The number of amides is 2. The number of methoxy groups -OCH3 is 2. The topological polar surface area (TPSA) is 96.9 Å². The molecule has 7 nitrogen and oxygen atoms in total.